The molecule has 1 N–H and O–H groups in total. The molecule has 0 fully saturated rings. The van der Waals surface area contributed by atoms with Gasteiger partial charge in [0.25, 0.3) is 0 Å². The first-order valence-corrected chi connectivity index (χ1v) is 6.67. The topological polar surface area (TPSA) is 42.1 Å². The second-order valence-corrected chi connectivity index (χ2v) is 4.98. The molecule has 1 heterocycles. The molecule has 0 spiro atoms. The summed E-state index contributed by atoms with van der Waals surface area (Å²) < 4.78 is 4.70. The summed E-state index contributed by atoms with van der Waals surface area (Å²) >= 11 is 1.88. The number of nitrogens with one attached hydrogen (secondary N) is 1. The van der Waals surface area contributed by atoms with Crippen LogP contribution in [0.5, 0.6) is 0 Å². The quantitative estimate of drug-likeness (QED) is 0.846. The number of benzene rings is 1. The Morgan fingerprint density at radius 2 is 2.29 bits per heavy atom. The maximum absolute atomic E-state index is 11.4. The van der Waals surface area contributed by atoms with Crippen LogP contribution in [0.3, 0.4) is 0 Å². The van der Waals surface area contributed by atoms with E-state index in [1.165, 1.54) is 18.1 Å². The summed E-state index contributed by atoms with van der Waals surface area (Å²) in [6.07, 6.45) is 2.01. The third kappa shape index (κ3) is 2.47. The Balaban J connectivity index is 2.34. The number of hydrogen-bond donors (Lipinski definition) is 1. The van der Waals surface area contributed by atoms with Crippen LogP contribution in [0.1, 0.15) is 22.8 Å². The summed E-state index contributed by atoms with van der Waals surface area (Å²) in [5, 5.41) is 1.18. The average molecular weight is 249 g/mol. The number of aromatic nitrogens is 1. The first kappa shape index (κ1) is 12.0. The molecule has 2 aromatic rings. The maximum atomic E-state index is 11.4. The maximum Gasteiger partial charge on any atom is 0.337 e. The number of ether oxygens (including phenoxy) is 1. The normalized spacial score (nSPS) is 10.7. The van der Waals surface area contributed by atoms with Crippen LogP contribution in [-0.2, 0) is 10.5 Å². The molecule has 3 nitrogen and oxygen atoms in total. The van der Waals surface area contributed by atoms with Crippen LogP contribution in [-0.4, -0.2) is 23.8 Å². The van der Waals surface area contributed by atoms with Gasteiger partial charge >= 0.3 is 5.97 Å². The predicted molar refractivity (Wildman–Crippen MR) is 71.5 cm³/mol. The van der Waals surface area contributed by atoms with Crippen molar-refractivity contribution in [2.45, 2.75) is 12.7 Å². The highest BCUT2D eigenvalue weighted by atomic mass is 32.2. The molecule has 17 heavy (non-hydrogen) atoms. The van der Waals surface area contributed by atoms with E-state index in [2.05, 4.69) is 11.9 Å². The van der Waals surface area contributed by atoms with Crippen LogP contribution in [0.4, 0.5) is 0 Å². The summed E-state index contributed by atoms with van der Waals surface area (Å²) in [6.45, 7) is 2.15. The van der Waals surface area contributed by atoms with Gasteiger partial charge in [-0.2, -0.15) is 11.8 Å². The lowest BCUT2D eigenvalue weighted by Crippen LogP contribution is -2.00. The predicted octanol–water partition coefficient (Wildman–Crippen LogP) is 3.21. The van der Waals surface area contributed by atoms with Crippen molar-refractivity contribution in [3.8, 4) is 0 Å². The molecule has 0 aliphatic heterocycles. The Bertz CT molecular complexity index is 533. The summed E-state index contributed by atoms with van der Waals surface area (Å²) in [6, 6.07) is 5.62. The lowest BCUT2D eigenvalue weighted by molar-refractivity contribution is 0.0601. The highest BCUT2D eigenvalue weighted by Crippen LogP contribution is 2.23. The van der Waals surface area contributed by atoms with Crippen molar-refractivity contribution >= 4 is 28.6 Å². The lowest BCUT2D eigenvalue weighted by Gasteiger charge is -2.00. The Hall–Kier alpha value is -1.42. The number of hydrogen-bond acceptors (Lipinski definition) is 3. The van der Waals surface area contributed by atoms with Crippen LogP contribution in [0.25, 0.3) is 10.9 Å². The number of aromatic amines is 1. The molecule has 1 aromatic carbocycles. The smallest absolute Gasteiger partial charge is 0.337 e. The van der Waals surface area contributed by atoms with Crippen LogP contribution < -0.4 is 0 Å². The fraction of sp³-hybridized carbons (Fsp3) is 0.308. The van der Waals surface area contributed by atoms with Gasteiger partial charge in [-0.1, -0.05) is 13.0 Å². The number of methoxy groups -OCH3 is 1. The Morgan fingerprint density at radius 3 is 3.00 bits per heavy atom. The molecule has 0 amide bonds. The summed E-state index contributed by atoms with van der Waals surface area (Å²) in [7, 11) is 1.39. The second-order valence-electron chi connectivity index (χ2n) is 3.70. The minimum atomic E-state index is -0.300. The van der Waals surface area contributed by atoms with Gasteiger partial charge in [-0.15, -0.1) is 0 Å². The van der Waals surface area contributed by atoms with Crippen molar-refractivity contribution in [3.05, 3.63) is 35.5 Å². The van der Waals surface area contributed by atoms with E-state index in [0.29, 0.717) is 5.56 Å². The summed E-state index contributed by atoms with van der Waals surface area (Å²) in [4.78, 5) is 14.6. The first-order chi connectivity index (χ1) is 8.26. The molecular weight excluding hydrogens is 234 g/mol. The van der Waals surface area contributed by atoms with Crippen LogP contribution in [0.2, 0.25) is 0 Å². The molecule has 4 heteroatoms. The molecule has 0 bridgehead atoms. The van der Waals surface area contributed by atoms with Gasteiger partial charge in [-0.3, -0.25) is 0 Å². The first-order valence-electron chi connectivity index (χ1n) is 5.52. The highest BCUT2D eigenvalue weighted by molar-refractivity contribution is 7.98. The number of carbonyl (C=O) groups is 1. The largest absolute Gasteiger partial charge is 0.465 e. The summed E-state index contributed by atoms with van der Waals surface area (Å²) in [5.41, 5.74) is 2.85. The van der Waals surface area contributed by atoms with Crippen molar-refractivity contribution in [2.24, 2.45) is 0 Å². The number of thioether (sulfide) groups is 1. The van der Waals surface area contributed by atoms with Gasteiger partial charge < -0.3 is 9.72 Å². The average Bonchev–Trinajstić information content (AvgIpc) is 2.77. The molecule has 0 saturated carbocycles. The molecule has 2 rings (SSSR count). The molecule has 0 saturated heterocycles. The Kier molecular flexibility index (Phi) is 3.74. The van der Waals surface area contributed by atoms with E-state index >= 15 is 0 Å². The minimum absolute atomic E-state index is 0.300. The highest BCUT2D eigenvalue weighted by Gasteiger charge is 2.08. The van der Waals surface area contributed by atoms with Gasteiger partial charge in [-0.05, 0) is 23.4 Å². The number of fused-ring (bicyclic) bond motifs is 1. The van der Waals surface area contributed by atoms with Gasteiger partial charge in [0.2, 0.25) is 0 Å². The molecule has 90 valence electrons. The number of H-pyrrole nitrogens is 1. The Morgan fingerprint density at radius 1 is 1.47 bits per heavy atom. The van der Waals surface area contributed by atoms with E-state index in [1.807, 2.05) is 36.2 Å². The fourth-order valence-corrected chi connectivity index (χ4v) is 2.43. The Labute approximate surface area is 105 Å². The van der Waals surface area contributed by atoms with Gasteiger partial charge in [0.1, 0.15) is 0 Å². The molecule has 0 radical (unpaired) electrons. The standard InChI is InChI=1S/C13H15NO2S/c1-3-17-8-10-7-14-12-6-9(13(15)16-2)4-5-11(10)12/h4-7,14H,3,8H2,1-2H3. The van der Waals surface area contributed by atoms with E-state index in [9.17, 15) is 4.79 Å². The number of esters is 1. The van der Waals surface area contributed by atoms with Crippen LogP contribution in [0, 0.1) is 0 Å². The van der Waals surface area contributed by atoms with E-state index in [4.69, 9.17) is 4.74 Å². The van der Waals surface area contributed by atoms with Crippen molar-refractivity contribution in [2.75, 3.05) is 12.9 Å². The van der Waals surface area contributed by atoms with Crippen molar-refractivity contribution < 1.29 is 9.53 Å². The number of rotatable bonds is 4. The van der Waals surface area contributed by atoms with Crippen molar-refractivity contribution in [1.82, 2.24) is 4.98 Å². The third-order valence-corrected chi connectivity index (χ3v) is 3.57. The van der Waals surface area contributed by atoms with E-state index < -0.39 is 0 Å². The lowest BCUT2D eigenvalue weighted by atomic mass is 10.1. The van der Waals surface area contributed by atoms with Crippen molar-refractivity contribution in [1.29, 1.82) is 0 Å². The summed E-state index contributed by atoms with van der Waals surface area (Å²) in [5.74, 6) is 1.80. The zero-order valence-electron chi connectivity index (χ0n) is 9.95. The van der Waals surface area contributed by atoms with E-state index in [0.717, 1.165) is 17.0 Å². The second kappa shape index (κ2) is 5.27. The third-order valence-electron chi connectivity index (χ3n) is 2.65. The molecule has 0 atom stereocenters. The van der Waals surface area contributed by atoms with Crippen LogP contribution in [0.15, 0.2) is 24.4 Å². The van der Waals surface area contributed by atoms with Gasteiger partial charge in [-0.25, -0.2) is 4.79 Å². The van der Waals surface area contributed by atoms with E-state index in [-0.39, 0.29) is 5.97 Å². The number of carbonyl (C=O) groups excluding carboxylic acids is 1. The fourth-order valence-electron chi connectivity index (χ4n) is 1.76. The minimum Gasteiger partial charge on any atom is -0.465 e. The van der Waals surface area contributed by atoms with Gasteiger partial charge in [0, 0.05) is 22.9 Å². The molecule has 0 aliphatic carbocycles. The van der Waals surface area contributed by atoms with Crippen molar-refractivity contribution in [3.63, 3.8) is 0 Å². The van der Waals surface area contributed by atoms with Crippen LogP contribution >= 0.6 is 11.8 Å². The van der Waals surface area contributed by atoms with Gasteiger partial charge in [0.15, 0.2) is 0 Å². The zero-order chi connectivity index (χ0) is 12.3. The zero-order valence-corrected chi connectivity index (χ0v) is 10.8. The monoisotopic (exact) mass is 249 g/mol. The molecular formula is C13H15NO2S. The SMILES string of the molecule is CCSCc1c[nH]c2cc(C(=O)OC)ccc12. The molecule has 0 unspecified atom stereocenters. The van der Waals surface area contributed by atoms with E-state index in [1.54, 1.807) is 0 Å². The molecule has 1 aromatic heterocycles. The molecule has 0 aliphatic rings. The van der Waals surface area contributed by atoms with Gasteiger partial charge in [0.05, 0.1) is 12.7 Å².